The van der Waals surface area contributed by atoms with Crippen LogP contribution in [0, 0.1) is 6.92 Å². The van der Waals surface area contributed by atoms with Gasteiger partial charge in [0.2, 0.25) is 0 Å². The number of rotatable bonds is 3. The van der Waals surface area contributed by atoms with Crippen molar-refractivity contribution in [1.82, 2.24) is 34.4 Å². The van der Waals surface area contributed by atoms with Gasteiger partial charge >= 0.3 is 6.09 Å². The van der Waals surface area contributed by atoms with Gasteiger partial charge in [-0.2, -0.15) is 5.10 Å². The molecule has 0 radical (unpaired) electrons. The van der Waals surface area contributed by atoms with Crippen LogP contribution in [0.3, 0.4) is 0 Å². The van der Waals surface area contributed by atoms with E-state index >= 15 is 0 Å². The molecular weight excluding hydrogens is 542 g/mol. The number of nitrogens with one attached hydrogen (secondary N) is 1. The normalized spacial score (nSPS) is 17.1. The van der Waals surface area contributed by atoms with Gasteiger partial charge < -0.3 is 19.5 Å². The molecule has 1 atom stereocenters. The van der Waals surface area contributed by atoms with Crippen molar-refractivity contribution in [2.45, 2.75) is 65.1 Å². The zero-order chi connectivity index (χ0) is 29.9. The van der Waals surface area contributed by atoms with Gasteiger partial charge in [0, 0.05) is 55.4 Å². The standard InChI is InChI=1S/C33H35N7O3/c1-20-16-35-29-24(20)15-23(17-36-29)22-13-21-8-12-38(31(41)26-18-37-40-11-6-9-34-30(26)40)19-27(21)25(14-22)28-7-5-10-39(28)32(42)43-33(2,3)4/h6,9,11,13-18,28H,5,7-8,10,12,19H2,1-4H3,(H,35,36)/t28-/m0/s1. The number of carbonyl (C=O) groups is 2. The van der Waals surface area contributed by atoms with Gasteiger partial charge in [-0.1, -0.05) is 6.07 Å². The maximum Gasteiger partial charge on any atom is 0.410 e. The highest BCUT2D eigenvalue weighted by atomic mass is 16.6. The molecule has 1 N–H and O–H groups in total. The topological polar surface area (TPSA) is 109 Å². The fraction of sp³-hybridized carbons (Fsp3) is 0.364. The fourth-order valence-electron chi connectivity index (χ4n) is 6.41. The molecule has 7 rings (SSSR count). The van der Waals surface area contributed by atoms with Crippen molar-refractivity contribution in [3.63, 3.8) is 0 Å². The number of hydrogen-bond donors (Lipinski definition) is 1. The number of aromatic nitrogens is 5. The Kier molecular flexibility index (Phi) is 6.45. The Labute approximate surface area is 249 Å². The second kappa shape index (κ2) is 10.2. The molecule has 0 spiro atoms. The van der Waals surface area contributed by atoms with Crippen LogP contribution in [-0.4, -0.2) is 65.1 Å². The number of aromatic amines is 1. The summed E-state index contributed by atoms with van der Waals surface area (Å²) >= 11 is 0. The zero-order valence-electron chi connectivity index (χ0n) is 24.9. The molecule has 10 heteroatoms. The number of H-pyrrole nitrogens is 1. The van der Waals surface area contributed by atoms with E-state index in [0.717, 1.165) is 51.7 Å². The van der Waals surface area contributed by atoms with Gasteiger partial charge in [-0.15, -0.1) is 0 Å². The Bertz CT molecular complexity index is 1880. The lowest BCUT2D eigenvalue weighted by atomic mass is 9.86. The fourth-order valence-corrected chi connectivity index (χ4v) is 6.41. The molecule has 0 aliphatic carbocycles. The Balaban J connectivity index is 1.30. The number of likely N-dealkylation sites (tertiary alicyclic amines) is 1. The van der Waals surface area contributed by atoms with Crippen LogP contribution in [0.2, 0.25) is 0 Å². The number of pyridine rings is 1. The molecule has 0 saturated carbocycles. The Morgan fingerprint density at radius 1 is 1.07 bits per heavy atom. The predicted molar refractivity (Wildman–Crippen MR) is 163 cm³/mol. The minimum absolute atomic E-state index is 0.0950. The highest BCUT2D eigenvalue weighted by Gasteiger charge is 2.36. The van der Waals surface area contributed by atoms with Gasteiger partial charge in [-0.3, -0.25) is 4.79 Å². The summed E-state index contributed by atoms with van der Waals surface area (Å²) in [6.07, 6.45) is 11.0. The summed E-state index contributed by atoms with van der Waals surface area (Å²) in [5.41, 5.74) is 7.89. The first kappa shape index (κ1) is 27.1. The maximum atomic E-state index is 13.8. The lowest BCUT2D eigenvalue weighted by Crippen LogP contribution is -2.39. The van der Waals surface area contributed by atoms with Gasteiger partial charge in [0.25, 0.3) is 5.91 Å². The van der Waals surface area contributed by atoms with Crippen molar-refractivity contribution in [3.8, 4) is 11.1 Å². The van der Waals surface area contributed by atoms with Crippen LogP contribution < -0.4 is 0 Å². The lowest BCUT2D eigenvalue weighted by molar-refractivity contribution is 0.0222. The number of carbonyl (C=O) groups excluding carboxylic acids is 2. The highest BCUT2D eigenvalue weighted by molar-refractivity contribution is 5.99. The average Bonchev–Trinajstić information content (AvgIpc) is 3.74. The van der Waals surface area contributed by atoms with Crippen LogP contribution in [0.25, 0.3) is 27.8 Å². The molecule has 2 amide bonds. The first-order valence-electron chi connectivity index (χ1n) is 14.8. The molecule has 1 fully saturated rings. The van der Waals surface area contributed by atoms with E-state index in [4.69, 9.17) is 4.74 Å². The van der Waals surface area contributed by atoms with Gasteiger partial charge in [-0.25, -0.2) is 19.3 Å². The van der Waals surface area contributed by atoms with Crippen molar-refractivity contribution < 1.29 is 14.3 Å². The number of aryl methyl sites for hydroxylation is 1. The second-order valence-electron chi connectivity index (χ2n) is 12.5. The van der Waals surface area contributed by atoms with Gasteiger partial charge in [-0.05, 0) is 93.0 Å². The Hall–Kier alpha value is -4.73. The van der Waals surface area contributed by atoms with E-state index in [0.29, 0.717) is 37.3 Å². The molecule has 6 heterocycles. The molecular formula is C33H35N7O3. The van der Waals surface area contributed by atoms with E-state index in [1.807, 2.05) is 43.0 Å². The molecule has 1 aromatic carbocycles. The summed E-state index contributed by atoms with van der Waals surface area (Å²) in [4.78, 5) is 43.2. The first-order chi connectivity index (χ1) is 20.7. The van der Waals surface area contributed by atoms with Crippen LogP contribution >= 0.6 is 0 Å². The minimum atomic E-state index is -0.591. The summed E-state index contributed by atoms with van der Waals surface area (Å²) in [6, 6.07) is 8.24. The zero-order valence-corrected chi connectivity index (χ0v) is 24.9. The van der Waals surface area contributed by atoms with Gasteiger partial charge in [0.15, 0.2) is 5.65 Å². The van der Waals surface area contributed by atoms with Crippen molar-refractivity contribution in [3.05, 3.63) is 83.1 Å². The minimum Gasteiger partial charge on any atom is -0.444 e. The van der Waals surface area contributed by atoms with Crippen molar-refractivity contribution in [1.29, 1.82) is 0 Å². The number of fused-ring (bicyclic) bond motifs is 3. The smallest absolute Gasteiger partial charge is 0.410 e. The predicted octanol–water partition coefficient (Wildman–Crippen LogP) is 5.85. The van der Waals surface area contributed by atoms with Gasteiger partial charge in [0.05, 0.1) is 12.2 Å². The van der Waals surface area contributed by atoms with Crippen LogP contribution in [0.5, 0.6) is 0 Å². The average molecular weight is 578 g/mol. The number of hydrogen-bond acceptors (Lipinski definition) is 6. The summed E-state index contributed by atoms with van der Waals surface area (Å²) in [5.74, 6) is -0.0950. The molecule has 4 aromatic heterocycles. The van der Waals surface area contributed by atoms with E-state index in [1.54, 1.807) is 29.2 Å². The van der Waals surface area contributed by atoms with Gasteiger partial charge in [0.1, 0.15) is 16.8 Å². The Morgan fingerprint density at radius 2 is 1.93 bits per heavy atom. The number of nitrogens with zero attached hydrogens (tertiary/aromatic N) is 6. The third-order valence-electron chi connectivity index (χ3n) is 8.48. The van der Waals surface area contributed by atoms with E-state index in [2.05, 4.69) is 45.2 Å². The SMILES string of the molecule is Cc1c[nH]c2ncc(-c3cc4c(c([C@@H]5CCCN5C(=O)OC(C)(C)C)c3)CN(C(=O)c3cnn5cccnc35)CC4)cc12. The Morgan fingerprint density at radius 3 is 2.77 bits per heavy atom. The second-order valence-corrected chi connectivity index (χ2v) is 12.5. The molecule has 43 heavy (non-hydrogen) atoms. The summed E-state index contributed by atoms with van der Waals surface area (Å²) in [6.45, 7) is 9.40. The monoisotopic (exact) mass is 577 g/mol. The molecule has 5 aromatic rings. The summed E-state index contributed by atoms with van der Waals surface area (Å²) in [5, 5.41) is 5.42. The summed E-state index contributed by atoms with van der Waals surface area (Å²) in [7, 11) is 0. The molecule has 10 nitrogen and oxygen atoms in total. The molecule has 1 saturated heterocycles. The summed E-state index contributed by atoms with van der Waals surface area (Å²) < 4.78 is 7.45. The molecule has 0 unspecified atom stereocenters. The number of amides is 2. The van der Waals surface area contributed by atoms with E-state index in [9.17, 15) is 9.59 Å². The molecule has 2 aliphatic heterocycles. The third-order valence-corrected chi connectivity index (χ3v) is 8.48. The quantitative estimate of drug-likeness (QED) is 0.288. The number of benzene rings is 1. The molecule has 2 aliphatic rings. The first-order valence-corrected chi connectivity index (χ1v) is 14.8. The van der Waals surface area contributed by atoms with E-state index < -0.39 is 5.60 Å². The molecule has 220 valence electrons. The van der Waals surface area contributed by atoms with Crippen LogP contribution in [0.4, 0.5) is 4.79 Å². The highest BCUT2D eigenvalue weighted by Crippen LogP contribution is 2.40. The van der Waals surface area contributed by atoms with Crippen molar-refractivity contribution >= 4 is 28.7 Å². The third kappa shape index (κ3) is 4.90. The molecule has 0 bridgehead atoms. The largest absolute Gasteiger partial charge is 0.444 e. The van der Waals surface area contributed by atoms with E-state index in [1.165, 1.54) is 5.56 Å². The maximum absolute atomic E-state index is 13.8. The van der Waals surface area contributed by atoms with Crippen LogP contribution in [-0.2, 0) is 17.7 Å². The van der Waals surface area contributed by atoms with Crippen molar-refractivity contribution in [2.75, 3.05) is 13.1 Å². The van der Waals surface area contributed by atoms with Crippen LogP contribution in [0.1, 0.15) is 72.3 Å². The lowest BCUT2D eigenvalue weighted by Gasteiger charge is -2.34. The van der Waals surface area contributed by atoms with Crippen LogP contribution in [0.15, 0.2) is 55.2 Å². The van der Waals surface area contributed by atoms with E-state index in [-0.39, 0.29) is 18.0 Å². The number of ether oxygens (including phenoxy) is 1. The van der Waals surface area contributed by atoms with Crippen molar-refractivity contribution in [2.24, 2.45) is 0 Å².